The molecule has 2 aromatic rings. The molecule has 0 aromatic heterocycles. The van der Waals surface area contributed by atoms with Gasteiger partial charge in [-0.15, -0.1) is 6.42 Å². The molecule has 0 bridgehead atoms. The largest absolute Gasteiger partial charge is 0.508 e. The van der Waals surface area contributed by atoms with Gasteiger partial charge in [0.05, 0.1) is 0 Å². The molecule has 0 aliphatic carbocycles. The average Bonchev–Trinajstić information content (AvgIpc) is 2.98. The highest BCUT2D eigenvalue weighted by Crippen LogP contribution is 2.26. The fourth-order valence-electron chi connectivity index (χ4n) is 5.21. The molecule has 2 rings (SSSR count). The number of ether oxygens (including phenoxy) is 1. The summed E-state index contributed by atoms with van der Waals surface area (Å²) in [7, 11) is 0. The highest BCUT2D eigenvalue weighted by molar-refractivity contribution is 5.92. The van der Waals surface area contributed by atoms with E-state index in [2.05, 4.69) is 30.4 Å². The Morgan fingerprint density at radius 2 is 1.53 bits per heavy atom. The maximum absolute atomic E-state index is 14.6. The summed E-state index contributed by atoms with van der Waals surface area (Å²) in [6.45, 7) is 11.8. The Morgan fingerprint density at radius 3 is 2.11 bits per heavy atom. The average molecular weight is 620 g/mol. The lowest BCUT2D eigenvalue weighted by Gasteiger charge is -2.35. The van der Waals surface area contributed by atoms with Crippen LogP contribution < -0.4 is 10.6 Å². The summed E-state index contributed by atoms with van der Waals surface area (Å²) >= 11 is 0. The van der Waals surface area contributed by atoms with Gasteiger partial charge in [0.2, 0.25) is 11.8 Å². The van der Waals surface area contributed by atoms with E-state index in [0.29, 0.717) is 24.1 Å². The van der Waals surface area contributed by atoms with Gasteiger partial charge in [-0.05, 0) is 75.9 Å². The van der Waals surface area contributed by atoms with Crippen molar-refractivity contribution in [1.82, 2.24) is 15.5 Å². The Morgan fingerprint density at radius 1 is 0.911 bits per heavy atom. The minimum absolute atomic E-state index is 0.0892. The van der Waals surface area contributed by atoms with Crippen LogP contribution in [0, 0.1) is 12.3 Å². The lowest BCUT2D eigenvalue weighted by atomic mass is 9.98. The lowest BCUT2D eigenvalue weighted by Crippen LogP contribution is -2.54. The number of rotatable bonds is 17. The van der Waals surface area contributed by atoms with Gasteiger partial charge in [0.15, 0.2) is 0 Å². The molecule has 0 saturated carbocycles. The fraction of sp³-hybridized carbons (Fsp3) is 0.541. The van der Waals surface area contributed by atoms with Crippen LogP contribution in [0.15, 0.2) is 48.5 Å². The van der Waals surface area contributed by atoms with Gasteiger partial charge in [-0.3, -0.25) is 9.59 Å². The Kier molecular flexibility index (Phi) is 15.5. The number of nitrogens with one attached hydrogen (secondary N) is 2. The highest BCUT2D eigenvalue weighted by atomic mass is 16.6. The second-order valence-corrected chi connectivity index (χ2v) is 12.7. The molecular formula is C37H53N3O5. The molecule has 0 spiro atoms. The van der Waals surface area contributed by atoms with E-state index in [0.717, 1.165) is 50.5 Å². The van der Waals surface area contributed by atoms with Crippen molar-refractivity contribution >= 4 is 17.9 Å². The zero-order valence-corrected chi connectivity index (χ0v) is 28.0. The molecule has 3 atom stereocenters. The molecule has 8 nitrogen and oxygen atoms in total. The molecule has 3 N–H and O–H groups in total. The fourth-order valence-corrected chi connectivity index (χ4v) is 5.21. The first kappa shape index (κ1) is 37.2. The Bertz CT molecular complexity index is 1240. The van der Waals surface area contributed by atoms with Crippen LogP contribution in [0.1, 0.15) is 116 Å². The summed E-state index contributed by atoms with van der Waals surface area (Å²) in [5, 5.41) is 15.7. The van der Waals surface area contributed by atoms with Crippen molar-refractivity contribution in [3.63, 3.8) is 0 Å². The summed E-state index contributed by atoms with van der Waals surface area (Å²) in [6, 6.07) is 11.6. The van der Waals surface area contributed by atoms with E-state index in [-0.39, 0.29) is 24.1 Å². The molecule has 0 radical (unpaired) electrons. The second kappa shape index (κ2) is 18.7. The van der Waals surface area contributed by atoms with Gasteiger partial charge in [-0.25, -0.2) is 4.79 Å². The van der Waals surface area contributed by atoms with E-state index < -0.39 is 29.7 Å². The van der Waals surface area contributed by atoms with Gasteiger partial charge in [0.25, 0.3) is 0 Å². The first-order valence-corrected chi connectivity index (χ1v) is 16.3. The lowest BCUT2D eigenvalue weighted by molar-refractivity contribution is -0.142. The van der Waals surface area contributed by atoms with E-state index in [4.69, 9.17) is 11.2 Å². The van der Waals surface area contributed by atoms with Crippen molar-refractivity contribution in [3.05, 3.63) is 65.2 Å². The Balaban J connectivity index is 2.57. The number of aromatic hydroxyl groups is 1. The Labute approximate surface area is 270 Å². The van der Waals surface area contributed by atoms with Crippen LogP contribution in [-0.2, 0) is 20.7 Å². The van der Waals surface area contributed by atoms with Gasteiger partial charge in [-0.2, -0.15) is 0 Å². The number of nitrogens with zero attached hydrogens (tertiary/aromatic N) is 1. The van der Waals surface area contributed by atoms with Crippen molar-refractivity contribution in [2.75, 3.05) is 6.54 Å². The maximum atomic E-state index is 14.6. The van der Waals surface area contributed by atoms with E-state index in [1.807, 2.05) is 6.92 Å². The number of terminal acetylenes is 1. The number of unbranched alkanes of at least 4 members (excludes halogenated alkanes) is 5. The minimum atomic E-state index is -1.03. The smallest absolute Gasteiger partial charge is 0.408 e. The number of phenolic OH excluding ortho intramolecular Hbond substituents is 1. The topological polar surface area (TPSA) is 108 Å². The van der Waals surface area contributed by atoms with Crippen molar-refractivity contribution in [1.29, 1.82) is 0 Å². The number of phenols is 1. The third-order valence-electron chi connectivity index (χ3n) is 7.46. The summed E-state index contributed by atoms with van der Waals surface area (Å²) in [6.07, 6.45) is 12.7. The Hall–Kier alpha value is -3.99. The molecule has 3 unspecified atom stereocenters. The maximum Gasteiger partial charge on any atom is 0.408 e. The normalized spacial score (nSPS) is 13.2. The van der Waals surface area contributed by atoms with Crippen molar-refractivity contribution < 1.29 is 24.2 Å². The number of carbonyl (C=O) groups excluding carboxylic acids is 3. The van der Waals surface area contributed by atoms with Crippen molar-refractivity contribution in [3.8, 4) is 18.1 Å². The molecule has 0 fully saturated rings. The van der Waals surface area contributed by atoms with Crippen LogP contribution in [0.4, 0.5) is 4.79 Å². The number of amides is 3. The highest BCUT2D eigenvalue weighted by Gasteiger charge is 2.36. The zero-order chi connectivity index (χ0) is 33.4. The number of hydrogen-bond acceptors (Lipinski definition) is 5. The molecule has 0 heterocycles. The van der Waals surface area contributed by atoms with Gasteiger partial charge < -0.3 is 25.4 Å². The van der Waals surface area contributed by atoms with E-state index in [1.165, 1.54) is 12.1 Å². The quantitative estimate of drug-likeness (QED) is 0.130. The molecular weight excluding hydrogens is 566 g/mol. The van der Waals surface area contributed by atoms with Gasteiger partial charge >= 0.3 is 6.09 Å². The number of benzene rings is 2. The van der Waals surface area contributed by atoms with Gasteiger partial charge in [0, 0.05) is 24.6 Å². The van der Waals surface area contributed by atoms with Crippen molar-refractivity contribution in [2.24, 2.45) is 0 Å². The summed E-state index contributed by atoms with van der Waals surface area (Å²) in [5.74, 6) is 2.02. The zero-order valence-electron chi connectivity index (χ0n) is 28.0. The standard InChI is InChI=1S/C37H53N3O5/c1-8-11-12-13-14-15-25-40(33(34(42)38-27(4)16-9-2)30-21-17-28(10-3)18-22-30)35(43)32(39-36(44)45-37(5,6)7)26-29-19-23-31(41)24-20-29/h3,17-24,27,32-33,41H,8-9,11-16,25-26H2,1-2,4-7H3,(H,38,42)(H,39,44). The summed E-state index contributed by atoms with van der Waals surface area (Å²) in [5.41, 5.74) is 1.26. The first-order chi connectivity index (χ1) is 21.4. The number of hydrogen-bond donors (Lipinski definition) is 3. The summed E-state index contributed by atoms with van der Waals surface area (Å²) in [4.78, 5) is 43.3. The molecule has 45 heavy (non-hydrogen) atoms. The summed E-state index contributed by atoms with van der Waals surface area (Å²) < 4.78 is 5.53. The second-order valence-electron chi connectivity index (χ2n) is 12.7. The predicted molar refractivity (Wildman–Crippen MR) is 180 cm³/mol. The molecule has 0 aliphatic rings. The third kappa shape index (κ3) is 13.3. The van der Waals surface area contributed by atoms with E-state index >= 15 is 0 Å². The van der Waals surface area contributed by atoms with Crippen LogP contribution in [0.25, 0.3) is 0 Å². The van der Waals surface area contributed by atoms with Crippen LogP contribution in [0.2, 0.25) is 0 Å². The molecule has 8 heteroatoms. The van der Waals surface area contributed by atoms with Gasteiger partial charge in [-0.1, -0.05) is 82.6 Å². The number of alkyl carbamates (subject to hydrolysis) is 1. The monoisotopic (exact) mass is 619 g/mol. The minimum Gasteiger partial charge on any atom is -0.508 e. The van der Waals surface area contributed by atoms with Gasteiger partial charge in [0.1, 0.15) is 23.4 Å². The third-order valence-corrected chi connectivity index (χ3v) is 7.46. The molecule has 0 aliphatic heterocycles. The van der Waals surface area contributed by atoms with Crippen LogP contribution in [-0.4, -0.2) is 52.1 Å². The predicted octanol–water partition coefficient (Wildman–Crippen LogP) is 7.04. The van der Waals surface area contributed by atoms with E-state index in [9.17, 15) is 19.5 Å². The van der Waals surface area contributed by atoms with Crippen molar-refractivity contribution in [2.45, 2.75) is 123 Å². The molecule has 2 aromatic carbocycles. The SMILES string of the molecule is C#Cc1ccc(C(C(=O)NC(C)CCC)N(CCCCCCCC)C(=O)C(Cc2ccc(O)cc2)NC(=O)OC(C)(C)C)cc1. The van der Waals surface area contributed by atoms with Crippen LogP contribution in [0.3, 0.4) is 0 Å². The van der Waals surface area contributed by atoms with E-state index in [1.54, 1.807) is 62.1 Å². The molecule has 246 valence electrons. The van der Waals surface area contributed by atoms with Crippen LogP contribution in [0.5, 0.6) is 5.75 Å². The molecule has 3 amide bonds. The molecule has 0 saturated heterocycles. The number of carbonyl (C=O) groups is 3. The van der Waals surface area contributed by atoms with Crippen LogP contribution >= 0.6 is 0 Å². The first-order valence-electron chi connectivity index (χ1n) is 16.3.